The zero-order valence-electron chi connectivity index (χ0n) is 17.3. The molecule has 27 heavy (non-hydrogen) atoms. The third-order valence-electron chi connectivity index (χ3n) is 5.12. The molecule has 1 atom stereocenters. The number of anilines is 1. The highest BCUT2D eigenvalue weighted by molar-refractivity contribution is 5.60. The van der Waals surface area contributed by atoms with Crippen molar-refractivity contribution in [1.29, 1.82) is 0 Å². The van der Waals surface area contributed by atoms with E-state index in [2.05, 4.69) is 13.8 Å². The quantitative estimate of drug-likeness (QED) is 0.147. The van der Waals surface area contributed by atoms with Crippen molar-refractivity contribution in [2.45, 2.75) is 90.9 Å². The molecule has 0 aliphatic heterocycles. The van der Waals surface area contributed by atoms with E-state index in [1.807, 2.05) is 0 Å². The van der Waals surface area contributed by atoms with Gasteiger partial charge in [-0.1, -0.05) is 78.1 Å². The standard InChI is InChI=1S/C22H38N2O3/c1-3-5-7-9-10-12-14-19(13-11-8-6-4-2)18-27-20-15-16-21(23)22(17-20)24(25)26/h15-17,19H,3-14,18,23H2,1-2H3. The molecule has 0 aliphatic rings. The van der Waals surface area contributed by atoms with E-state index < -0.39 is 4.92 Å². The van der Waals surface area contributed by atoms with E-state index in [1.165, 1.54) is 83.1 Å². The third-order valence-corrected chi connectivity index (χ3v) is 5.12. The van der Waals surface area contributed by atoms with Crippen molar-refractivity contribution in [3.63, 3.8) is 0 Å². The maximum atomic E-state index is 11.0. The number of nitrogen functional groups attached to an aromatic ring is 1. The summed E-state index contributed by atoms with van der Waals surface area (Å²) in [5.74, 6) is 1.06. The largest absolute Gasteiger partial charge is 0.493 e. The molecule has 1 rings (SSSR count). The molecule has 0 radical (unpaired) electrons. The van der Waals surface area contributed by atoms with Crippen LogP contribution in [-0.2, 0) is 0 Å². The molecule has 5 nitrogen and oxygen atoms in total. The number of unbranched alkanes of at least 4 members (excludes halogenated alkanes) is 8. The Balaban J connectivity index is 2.48. The minimum Gasteiger partial charge on any atom is -0.493 e. The molecule has 5 heteroatoms. The fraction of sp³-hybridized carbons (Fsp3) is 0.727. The van der Waals surface area contributed by atoms with E-state index in [0.29, 0.717) is 18.3 Å². The summed E-state index contributed by atoms with van der Waals surface area (Å²) in [5.41, 5.74) is 5.75. The van der Waals surface area contributed by atoms with Crippen LogP contribution in [0.2, 0.25) is 0 Å². The smallest absolute Gasteiger partial charge is 0.295 e. The van der Waals surface area contributed by atoms with E-state index in [-0.39, 0.29) is 11.4 Å². The summed E-state index contributed by atoms with van der Waals surface area (Å²) in [5, 5.41) is 11.0. The van der Waals surface area contributed by atoms with Crippen molar-refractivity contribution in [2.75, 3.05) is 12.3 Å². The Bertz CT molecular complexity index is 534. The van der Waals surface area contributed by atoms with Gasteiger partial charge in [0.05, 0.1) is 17.6 Å². The molecule has 1 unspecified atom stereocenters. The first-order valence-electron chi connectivity index (χ1n) is 10.7. The first kappa shape index (κ1) is 23.3. The van der Waals surface area contributed by atoms with E-state index in [4.69, 9.17) is 10.5 Å². The van der Waals surface area contributed by atoms with E-state index >= 15 is 0 Å². The van der Waals surface area contributed by atoms with Crippen LogP contribution in [0.4, 0.5) is 11.4 Å². The summed E-state index contributed by atoms with van der Waals surface area (Å²) in [6, 6.07) is 4.72. The van der Waals surface area contributed by atoms with Crippen molar-refractivity contribution in [3.8, 4) is 5.75 Å². The summed E-state index contributed by atoms with van der Waals surface area (Å²) in [7, 11) is 0. The van der Waals surface area contributed by atoms with Crippen LogP contribution >= 0.6 is 0 Å². The molecule has 1 aromatic carbocycles. The SMILES string of the molecule is CCCCCCCCC(CCCCCC)COc1ccc(N)c([N+](=O)[O-])c1. The highest BCUT2D eigenvalue weighted by atomic mass is 16.6. The molecule has 0 spiro atoms. The van der Waals surface area contributed by atoms with Gasteiger partial charge in [-0.25, -0.2) is 0 Å². The van der Waals surface area contributed by atoms with Gasteiger partial charge in [-0.15, -0.1) is 0 Å². The highest BCUT2D eigenvalue weighted by Crippen LogP contribution is 2.27. The molecular formula is C22H38N2O3. The summed E-state index contributed by atoms with van der Waals surface area (Å²) in [6.45, 7) is 5.10. The van der Waals surface area contributed by atoms with Crippen molar-refractivity contribution in [1.82, 2.24) is 0 Å². The van der Waals surface area contributed by atoms with Gasteiger partial charge >= 0.3 is 0 Å². The lowest BCUT2D eigenvalue weighted by molar-refractivity contribution is -0.384. The van der Waals surface area contributed by atoms with Crippen LogP contribution in [0.5, 0.6) is 5.75 Å². The second kappa shape index (κ2) is 14.3. The Morgan fingerprint density at radius 3 is 2.11 bits per heavy atom. The van der Waals surface area contributed by atoms with Crippen LogP contribution in [0.1, 0.15) is 90.9 Å². The number of nitrogens with zero attached hydrogens (tertiary/aromatic N) is 1. The molecule has 0 saturated carbocycles. The minimum absolute atomic E-state index is 0.0806. The van der Waals surface area contributed by atoms with Gasteiger partial charge in [-0.3, -0.25) is 10.1 Å². The van der Waals surface area contributed by atoms with E-state index in [1.54, 1.807) is 12.1 Å². The lowest BCUT2D eigenvalue weighted by atomic mass is 9.95. The maximum Gasteiger partial charge on any atom is 0.295 e. The molecular weight excluding hydrogens is 340 g/mol. The predicted molar refractivity (Wildman–Crippen MR) is 113 cm³/mol. The van der Waals surface area contributed by atoms with Gasteiger partial charge in [0.25, 0.3) is 5.69 Å². The van der Waals surface area contributed by atoms with Gasteiger partial charge in [-0.05, 0) is 30.9 Å². The first-order chi connectivity index (χ1) is 13.1. The lowest BCUT2D eigenvalue weighted by Crippen LogP contribution is -2.13. The molecule has 0 amide bonds. The molecule has 0 aromatic heterocycles. The van der Waals surface area contributed by atoms with Crippen LogP contribution in [0, 0.1) is 16.0 Å². The van der Waals surface area contributed by atoms with Gasteiger partial charge in [0.1, 0.15) is 11.4 Å². The Morgan fingerprint density at radius 1 is 0.963 bits per heavy atom. The molecule has 154 valence electrons. The van der Waals surface area contributed by atoms with E-state index in [0.717, 1.165) is 0 Å². The number of nitro benzene ring substituents is 1. The first-order valence-corrected chi connectivity index (χ1v) is 10.7. The molecule has 0 bridgehead atoms. The Morgan fingerprint density at radius 2 is 1.52 bits per heavy atom. The molecule has 0 fully saturated rings. The van der Waals surface area contributed by atoms with Gasteiger partial charge < -0.3 is 10.5 Å². The van der Waals surface area contributed by atoms with Crippen LogP contribution in [0.15, 0.2) is 18.2 Å². The average molecular weight is 379 g/mol. The fourth-order valence-electron chi connectivity index (χ4n) is 3.37. The number of hydrogen-bond donors (Lipinski definition) is 1. The Hall–Kier alpha value is -1.78. The fourth-order valence-corrected chi connectivity index (χ4v) is 3.37. The normalized spacial score (nSPS) is 12.1. The average Bonchev–Trinajstić information content (AvgIpc) is 2.66. The summed E-state index contributed by atoms with van der Waals surface area (Å²) in [6.07, 6.45) is 15.2. The van der Waals surface area contributed by atoms with E-state index in [9.17, 15) is 10.1 Å². The summed E-state index contributed by atoms with van der Waals surface area (Å²) in [4.78, 5) is 10.6. The number of ether oxygens (including phenoxy) is 1. The molecule has 1 aromatic rings. The van der Waals surface area contributed by atoms with Gasteiger partial charge in [-0.2, -0.15) is 0 Å². The van der Waals surface area contributed by atoms with Gasteiger partial charge in [0.2, 0.25) is 0 Å². The van der Waals surface area contributed by atoms with Crippen LogP contribution < -0.4 is 10.5 Å². The molecule has 0 saturated heterocycles. The monoisotopic (exact) mass is 378 g/mol. The Kier molecular flexibility index (Phi) is 12.3. The summed E-state index contributed by atoms with van der Waals surface area (Å²) >= 11 is 0. The van der Waals surface area contributed by atoms with Gasteiger partial charge in [0, 0.05) is 0 Å². The number of rotatable bonds is 16. The Labute approximate surface area is 164 Å². The van der Waals surface area contributed by atoms with Crippen molar-refractivity contribution in [2.24, 2.45) is 5.92 Å². The number of nitro groups is 1. The van der Waals surface area contributed by atoms with Crippen molar-refractivity contribution < 1.29 is 9.66 Å². The topological polar surface area (TPSA) is 78.4 Å². The van der Waals surface area contributed by atoms with Gasteiger partial charge in [0.15, 0.2) is 0 Å². The number of nitrogens with two attached hydrogens (primary N) is 1. The van der Waals surface area contributed by atoms with Crippen LogP contribution in [0.25, 0.3) is 0 Å². The molecule has 2 N–H and O–H groups in total. The van der Waals surface area contributed by atoms with Crippen molar-refractivity contribution in [3.05, 3.63) is 28.3 Å². The highest BCUT2D eigenvalue weighted by Gasteiger charge is 2.14. The molecule has 0 heterocycles. The third kappa shape index (κ3) is 10.2. The summed E-state index contributed by atoms with van der Waals surface area (Å²) < 4.78 is 5.91. The van der Waals surface area contributed by atoms with Crippen LogP contribution in [0.3, 0.4) is 0 Å². The van der Waals surface area contributed by atoms with Crippen LogP contribution in [-0.4, -0.2) is 11.5 Å². The zero-order valence-corrected chi connectivity index (χ0v) is 17.3. The second-order valence-electron chi connectivity index (χ2n) is 7.56. The maximum absolute atomic E-state index is 11.0. The second-order valence-corrected chi connectivity index (χ2v) is 7.56. The number of hydrogen-bond acceptors (Lipinski definition) is 4. The lowest BCUT2D eigenvalue weighted by Gasteiger charge is -2.18. The zero-order chi connectivity index (χ0) is 19.9. The minimum atomic E-state index is -0.458. The number of benzene rings is 1. The van der Waals surface area contributed by atoms with Crippen molar-refractivity contribution >= 4 is 11.4 Å². The predicted octanol–water partition coefficient (Wildman–Crippen LogP) is 6.89. The molecule has 0 aliphatic carbocycles.